The molecule has 4 rings (SSSR count). The molecule has 1 atom stereocenters. The third-order valence-corrected chi connectivity index (χ3v) is 5.24. The van der Waals surface area contributed by atoms with E-state index in [9.17, 15) is 19.8 Å². The van der Waals surface area contributed by atoms with Gasteiger partial charge in [-0.2, -0.15) is 0 Å². The summed E-state index contributed by atoms with van der Waals surface area (Å²) < 4.78 is 0. The van der Waals surface area contributed by atoms with E-state index in [-0.39, 0.29) is 17.1 Å². The minimum absolute atomic E-state index is 0.00918. The Morgan fingerprint density at radius 3 is 2.40 bits per heavy atom. The normalized spacial score (nSPS) is 18.1. The number of aryl methyl sites for hydroxylation is 1. The van der Waals surface area contributed by atoms with Gasteiger partial charge in [0.2, 0.25) is 0 Å². The second-order valence-corrected chi connectivity index (χ2v) is 7.55. The molecule has 30 heavy (non-hydrogen) atoms. The van der Waals surface area contributed by atoms with Gasteiger partial charge in [0.05, 0.1) is 11.6 Å². The number of carbonyl (C=O) groups excluding carboxylic acids is 2. The highest BCUT2D eigenvalue weighted by Crippen LogP contribution is 2.43. The molecule has 0 aliphatic carbocycles. The van der Waals surface area contributed by atoms with Crippen LogP contribution in [0.15, 0.2) is 78.4 Å². The van der Waals surface area contributed by atoms with Crippen LogP contribution in [0.2, 0.25) is 5.02 Å². The minimum Gasteiger partial charge on any atom is -0.508 e. The number of hydrogen-bond donors (Lipinski definition) is 2. The molecule has 150 valence electrons. The SMILES string of the molecule is Cc1cccc(N2C(=O)C(=O)/C(=C(/O)c3cccc(Cl)c3)C2c2cccc(O)c2)c1. The van der Waals surface area contributed by atoms with Crippen LogP contribution in [-0.4, -0.2) is 21.9 Å². The molecule has 1 heterocycles. The lowest BCUT2D eigenvalue weighted by Crippen LogP contribution is -2.29. The molecule has 0 spiro atoms. The van der Waals surface area contributed by atoms with Crippen molar-refractivity contribution in [3.8, 4) is 5.75 Å². The van der Waals surface area contributed by atoms with Gasteiger partial charge < -0.3 is 10.2 Å². The van der Waals surface area contributed by atoms with Crippen LogP contribution in [-0.2, 0) is 9.59 Å². The molecule has 0 bridgehead atoms. The van der Waals surface area contributed by atoms with Crippen LogP contribution in [0.3, 0.4) is 0 Å². The fourth-order valence-electron chi connectivity index (χ4n) is 3.68. The van der Waals surface area contributed by atoms with E-state index >= 15 is 0 Å². The molecule has 1 saturated heterocycles. The van der Waals surface area contributed by atoms with Crippen molar-refractivity contribution >= 4 is 34.7 Å². The largest absolute Gasteiger partial charge is 0.508 e. The van der Waals surface area contributed by atoms with Gasteiger partial charge in [0.15, 0.2) is 0 Å². The van der Waals surface area contributed by atoms with Crippen molar-refractivity contribution in [2.75, 3.05) is 4.90 Å². The zero-order valence-electron chi connectivity index (χ0n) is 16.0. The van der Waals surface area contributed by atoms with Gasteiger partial charge in [0.1, 0.15) is 11.5 Å². The molecule has 2 N–H and O–H groups in total. The summed E-state index contributed by atoms with van der Waals surface area (Å²) in [6.45, 7) is 1.88. The summed E-state index contributed by atoms with van der Waals surface area (Å²) in [7, 11) is 0. The number of Topliss-reactive ketones (excluding diaryl/α,β-unsaturated/α-hetero) is 1. The number of halogens is 1. The summed E-state index contributed by atoms with van der Waals surface area (Å²) in [5.41, 5.74) is 2.21. The fraction of sp³-hybridized carbons (Fsp3) is 0.0833. The van der Waals surface area contributed by atoms with Gasteiger partial charge in [-0.15, -0.1) is 0 Å². The Hall–Kier alpha value is -3.57. The number of aromatic hydroxyl groups is 1. The van der Waals surface area contributed by atoms with Crippen molar-refractivity contribution < 1.29 is 19.8 Å². The first-order valence-corrected chi connectivity index (χ1v) is 9.67. The summed E-state index contributed by atoms with van der Waals surface area (Å²) in [6, 6.07) is 19.0. The summed E-state index contributed by atoms with van der Waals surface area (Å²) in [6.07, 6.45) is 0. The van der Waals surface area contributed by atoms with Crippen molar-refractivity contribution in [2.45, 2.75) is 13.0 Å². The first kappa shape index (κ1) is 19.7. The van der Waals surface area contributed by atoms with Crippen LogP contribution >= 0.6 is 11.6 Å². The maximum atomic E-state index is 13.0. The predicted molar refractivity (Wildman–Crippen MR) is 116 cm³/mol. The van der Waals surface area contributed by atoms with Crippen LogP contribution in [0.4, 0.5) is 5.69 Å². The van der Waals surface area contributed by atoms with Crippen molar-refractivity contribution in [1.29, 1.82) is 0 Å². The Morgan fingerprint density at radius 2 is 1.70 bits per heavy atom. The van der Waals surface area contributed by atoms with E-state index in [2.05, 4.69) is 0 Å². The molecule has 3 aromatic carbocycles. The van der Waals surface area contributed by atoms with Gasteiger partial charge in [-0.1, -0.05) is 48.0 Å². The van der Waals surface area contributed by atoms with Crippen molar-refractivity contribution in [1.82, 2.24) is 0 Å². The van der Waals surface area contributed by atoms with E-state index in [4.69, 9.17) is 11.6 Å². The Morgan fingerprint density at radius 1 is 0.967 bits per heavy atom. The quantitative estimate of drug-likeness (QED) is 0.356. The standard InChI is InChI=1S/C24H18ClNO4/c1-14-5-2-9-18(11-14)26-21(15-6-4-10-19(27)13-15)20(23(29)24(26)30)22(28)16-7-3-8-17(25)12-16/h2-13,21,27-28H,1H3/b22-20+. The number of amides is 1. The number of aliphatic hydroxyl groups is 1. The molecule has 1 amide bonds. The van der Waals surface area contributed by atoms with Crippen LogP contribution in [0.25, 0.3) is 5.76 Å². The van der Waals surface area contributed by atoms with Crippen molar-refractivity contribution in [2.24, 2.45) is 0 Å². The van der Waals surface area contributed by atoms with Gasteiger partial charge in [-0.25, -0.2) is 0 Å². The highest BCUT2D eigenvalue weighted by molar-refractivity contribution is 6.51. The van der Waals surface area contributed by atoms with Gasteiger partial charge in [0.25, 0.3) is 11.7 Å². The van der Waals surface area contributed by atoms with E-state index in [1.54, 1.807) is 48.5 Å². The third kappa shape index (κ3) is 3.44. The van der Waals surface area contributed by atoms with Crippen molar-refractivity contribution in [3.63, 3.8) is 0 Å². The smallest absolute Gasteiger partial charge is 0.300 e. The lowest BCUT2D eigenvalue weighted by atomic mass is 9.95. The maximum Gasteiger partial charge on any atom is 0.300 e. The Kier molecular flexibility index (Phi) is 5.06. The number of benzene rings is 3. The molecule has 1 fully saturated rings. The molecular formula is C24H18ClNO4. The minimum atomic E-state index is -0.905. The zero-order valence-corrected chi connectivity index (χ0v) is 16.8. The second-order valence-electron chi connectivity index (χ2n) is 7.11. The summed E-state index contributed by atoms with van der Waals surface area (Å²) in [5, 5.41) is 21.4. The average Bonchev–Trinajstić information content (AvgIpc) is 2.98. The lowest BCUT2D eigenvalue weighted by molar-refractivity contribution is -0.132. The van der Waals surface area contributed by atoms with Crippen LogP contribution < -0.4 is 4.90 Å². The second kappa shape index (κ2) is 7.69. The maximum absolute atomic E-state index is 13.0. The molecular weight excluding hydrogens is 402 g/mol. The summed E-state index contributed by atoms with van der Waals surface area (Å²) in [4.78, 5) is 27.4. The lowest BCUT2D eigenvalue weighted by Gasteiger charge is -2.25. The van der Waals surface area contributed by atoms with Gasteiger partial charge in [-0.3, -0.25) is 14.5 Å². The van der Waals surface area contributed by atoms with Crippen LogP contribution in [0.5, 0.6) is 5.75 Å². The highest BCUT2D eigenvalue weighted by atomic mass is 35.5. The summed E-state index contributed by atoms with van der Waals surface area (Å²) >= 11 is 6.05. The predicted octanol–water partition coefficient (Wildman–Crippen LogP) is 4.98. The zero-order chi connectivity index (χ0) is 21.4. The Bertz CT molecular complexity index is 1200. The molecule has 0 aromatic heterocycles. The summed E-state index contributed by atoms with van der Waals surface area (Å²) in [5.74, 6) is -1.88. The molecule has 3 aromatic rings. The van der Waals surface area contributed by atoms with E-state index < -0.39 is 17.7 Å². The molecule has 6 heteroatoms. The van der Waals surface area contributed by atoms with Crippen LogP contribution in [0.1, 0.15) is 22.7 Å². The van der Waals surface area contributed by atoms with Crippen molar-refractivity contribution in [3.05, 3.63) is 100 Å². The number of phenols is 1. The fourth-order valence-corrected chi connectivity index (χ4v) is 3.87. The Labute approximate surface area is 178 Å². The monoisotopic (exact) mass is 419 g/mol. The first-order valence-electron chi connectivity index (χ1n) is 9.29. The van der Waals surface area contributed by atoms with Crippen LogP contribution in [0, 0.1) is 6.92 Å². The number of anilines is 1. The molecule has 0 saturated carbocycles. The number of nitrogens with zero attached hydrogens (tertiary/aromatic N) is 1. The van der Waals surface area contributed by atoms with Gasteiger partial charge in [0, 0.05) is 16.3 Å². The molecule has 5 nitrogen and oxygen atoms in total. The average molecular weight is 420 g/mol. The highest BCUT2D eigenvalue weighted by Gasteiger charge is 2.47. The number of ketones is 1. The topological polar surface area (TPSA) is 77.8 Å². The van der Waals surface area contributed by atoms with E-state index in [1.165, 1.54) is 23.1 Å². The number of carbonyl (C=O) groups is 2. The number of rotatable bonds is 3. The van der Waals surface area contributed by atoms with Gasteiger partial charge in [-0.05, 0) is 54.4 Å². The first-order chi connectivity index (χ1) is 14.4. The molecule has 0 radical (unpaired) electrons. The molecule has 1 aliphatic rings. The van der Waals surface area contributed by atoms with E-state index in [1.807, 2.05) is 13.0 Å². The van der Waals surface area contributed by atoms with E-state index in [0.717, 1.165) is 5.56 Å². The molecule has 1 unspecified atom stereocenters. The van der Waals surface area contributed by atoms with E-state index in [0.29, 0.717) is 21.8 Å². The third-order valence-electron chi connectivity index (χ3n) is 5.01. The number of aliphatic hydroxyl groups excluding tert-OH is 1. The number of hydrogen-bond acceptors (Lipinski definition) is 4. The molecule has 1 aliphatic heterocycles. The van der Waals surface area contributed by atoms with Gasteiger partial charge >= 0.3 is 0 Å². The number of phenolic OH excluding ortho intramolecular Hbond substituents is 1. The Balaban J connectivity index is 1.98.